The Morgan fingerprint density at radius 2 is 2.08 bits per heavy atom. The lowest BCUT2D eigenvalue weighted by Gasteiger charge is -2.09. The first-order valence-corrected chi connectivity index (χ1v) is 4.66. The average molecular weight is 182 g/mol. The lowest BCUT2D eigenvalue weighted by atomic mass is 9.96. The summed E-state index contributed by atoms with van der Waals surface area (Å²) in [5.41, 5.74) is 2.51. The maximum Gasteiger partial charge on any atom is 0.0928 e. The van der Waals surface area contributed by atoms with E-state index < -0.39 is 0 Å². The fraction of sp³-hybridized carbons (Fsp3) is 0.500. The summed E-state index contributed by atoms with van der Waals surface area (Å²) in [5.74, 6) is 0.348. The monoisotopic (exact) mass is 182 g/mol. The summed E-state index contributed by atoms with van der Waals surface area (Å²) in [7, 11) is 0. The molecule has 0 aromatic carbocycles. The van der Waals surface area contributed by atoms with Gasteiger partial charge in [-0.05, 0) is 31.8 Å². The molecule has 0 spiro atoms. The highest BCUT2D eigenvalue weighted by atomic mass is 19.1. The molecule has 0 saturated carbocycles. The van der Waals surface area contributed by atoms with Gasteiger partial charge in [-0.3, -0.25) is 4.39 Å². The molecule has 1 atom stereocenters. The van der Waals surface area contributed by atoms with Crippen LogP contribution in [-0.4, -0.2) is 6.67 Å². The molecule has 1 heteroatoms. The van der Waals surface area contributed by atoms with Crippen molar-refractivity contribution in [3.8, 4) is 0 Å². The molecule has 13 heavy (non-hydrogen) atoms. The highest BCUT2D eigenvalue weighted by Crippen LogP contribution is 2.17. The molecular weight excluding hydrogens is 163 g/mol. The fourth-order valence-electron chi connectivity index (χ4n) is 1.17. The van der Waals surface area contributed by atoms with Gasteiger partial charge < -0.3 is 0 Å². The maximum atomic E-state index is 11.8. The highest BCUT2D eigenvalue weighted by molar-refractivity contribution is 5.28. The van der Waals surface area contributed by atoms with Crippen LogP contribution in [-0.2, 0) is 0 Å². The molecule has 0 amide bonds. The Morgan fingerprint density at radius 3 is 2.46 bits per heavy atom. The quantitative estimate of drug-likeness (QED) is 0.444. The lowest BCUT2D eigenvalue weighted by molar-refractivity contribution is 0.501. The molecule has 0 nitrogen and oxygen atoms in total. The van der Waals surface area contributed by atoms with Crippen LogP contribution in [0.4, 0.5) is 4.39 Å². The molecule has 0 heterocycles. The van der Waals surface area contributed by atoms with Crippen molar-refractivity contribution in [2.24, 2.45) is 5.92 Å². The fourth-order valence-corrected chi connectivity index (χ4v) is 1.17. The molecule has 0 aromatic rings. The summed E-state index contributed by atoms with van der Waals surface area (Å²) >= 11 is 0. The van der Waals surface area contributed by atoms with Gasteiger partial charge in [-0.15, -0.1) is 6.58 Å². The minimum atomic E-state index is -0.283. The Morgan fingerprint density at radius 1 is 1.46 bits per heavy atom. The second-order valence-electron chi connectivity index (χ2n) is 3.36. The van der Waals surface area contributed by atoms with E-state index in [1.807, 2.05) is 18.2 Å². The van der Waals surface area contributed by atoms with Gasteiger partial charge in [0.15, 0.2) is 0 Å². The van der Waals surface area contributed by atoms with Gasteiger partial charge in [0.1, 0.15) is 0 Å². The second kappa shape index (κ2) is 6.64. The van der Waals surface area contributed by atoms with Crippen molar-refractivity contribution in [3.05, 3.63) is 36.0 Å². The molecule has 0 aliphatic carbocycles. The third kappa shape index (κ3) is 4.66. The topological polar surface area (TPSA) is 0 Å². The Bertz CT molecular complexity index is 207. The molecule has 0 fully saturated rings. The summed E-state index contributed by atoms with van der Waals surface area (Å²) in [5, 5.41) is 0. The Labute approximate surface area is 80.9 Å². The number of allylic oxidation sites excluding steroid dienone is 5. The van der Waals surface area contributed by atoms with Gasteiger partial charge in [0.25, 0.3) is 0 Å². The van der Waals surface area contributed by atoms with Gasteiger partial charge in [0, 0.05) is 0 Å². The Kier molecular flexibility index (Phi) is 6.21. The third-order valence-corrected chi connectivity index (χ3v) is 1.99. The standard InChI is InChI=1S/C12H19F/c1-5-11(4)12(10(2)3)8-6-7-9-13/h5-6,8,11H,1,7,9H2,2-4H3/b8-6-. The van der Waals surface area contributed by atoms with Crippen LogP contribution >= 0.6 is 0 Å². The van der Waals surface area contributed by atoms with Crippen LogP contribution in [0.15, 0.2) is 36.0 Å². The van der Waals surface area contributed by atoms with Crippen molar-refractivity contribution in [2.45, 2.75) is 27.2 Å². The van der Waals surface area contributed by atoms with Gasteiger partial charge in [-0.25, -0.2) is 0 Å². The largest absolute Gasteiger partial charge is 0.251 e. The van der Waals surface area contributed by atoms with E-state index in [2.05, 4.69) is 27.4 Å². The van der Waals surface area contributed by atoms with Crippen molar-refractivity contribution in [3.63, 3.8) is 0 Å². The number of alkyl halides is 1. The Hall–Kier alpha value is -0.850. The van der Waals surface area contributed by atoms with E-state index in [0.29, 0.717) is 12.3 Å². The van der Waals surface area contributed by atoms with Gasteiger partial charge in [-0.2, -0.15) is 0 Å². The number of hydrogen-bond acceptors (Lipinski definition) is 0. The van der Waals surface area contributed by atoms with Crippen LogP contribution in [0.5, 0.6) is 0 Å². The first kappa shape index (κ1) is 12.2. The second-order valence-corrected chi connectivity index (χ2v) is 3.36. The number of halogens is 1. The minimum absolute atomic E-state index is 0.283. The molecule has 74 valence electrons. The van der Waals surface area contributed by atoms with Crippen molar-refractivity contribution < 1.29 is 4.39 Å². The summed E-state index contributed by atoms with van der Waals surface area (Å²) < 4.78 is 11.8. The van der Waals surface area contributed by atoms with Crippen molar-refractivity contribution in [1.29, 1.82) is 0 Å². The predicted molar refractivity (Wildman–Crippen MR) is 57.5 cm³/mol. The normalized spacial score (nSPS) is 12.9. The van der Waals surface area contributed by atoms with Crippen LogP contribution in [0, 0.1) is 5.92 Å². The van der Waals surface area contributed by atoms with E-state index >= 15 is 0 Å². The molecule has 0 bridgehead atoms. The first-order chi connectivity index (χ1) is 6.13. The van der Waals surface area contributed by atoms with Crippen molar-refractivity contribution in [2.75, 3.05) is 6.67 Å². The summed E-state index contributed by atoms with van der Waals surface area (Å²) in [6.45, 7) is 9.69. The molecule has 0 aromatic heterocycles. The van der Waals surface area contributed by atoms with E-state index in [4.69, 9.17) is 0 Å². The maximum absolute atomic E-state index is 11.8. The van der Waals surface area contributed by atoms with Crippen LogP contribution in [0.25, 0.3) is 0 Å². The van der Waals surface area contributed by atoms with Gasteiger partial charge in [0.05, 0.1) is 6.67 Å². The van der Waals surface area contributed by atoms with Crippen molar-refractivity contribution >= 4 is 0 Å². The molecule has 0 rings (SSSR count). The molecule has 1 unspecified atom stereocenters. The molecule has 0 saturated heterocycles. The SMILES string of the molecule is C=CC(C)C(/C=C\CCF)=C(C)C. The smallest absolute Gasteiger partial charge is 0.0928 e. The first-order valence-electron chi connectivity index (χ1n) is 4.66. The van der Waals surface area contributed by atoms with Crippen LogP contribution in [0.3, 0.4) is 0 Å². The van der Waals surface area contributed by atoms with E-state index in [1.54, 1.807) is 0 Å². The average Bonchev–Trinajstić information content (AvgIpc) is 2.11. The minimum Gasteiger partial charge on any atom is -0.251 e. The van der Waals surface area contributed by atoms with E-state index in [-0.39, 0.29) is 6.67 Å². The van der Waals surface area contributed by atoms with E-state index in [0.717, 1.165) is 0 Å². The van der Waals surface area contributed by atoms with E-state index in [1.165, 1.54) is 11.1 Å². The molecule has 0 radical (unpaired) electrons. The molecule has 0 N–H and O–H groups in total. The zero-order chi connectivity index (χ0) is 10.3. The summed E-state index contributed by atoms with van der Waals surface area (Å²) in [6, 6.07) is 0. The highest BCUT2D eigenvalue weighted by Gasteiger charge is 2.02. The van der Waals surface area contributed by atoms with Crippen LogP contribution < -0.4 is 0 Å². The van der Waals surface area contributed by atoms with Crippen molar-refractivity contribution in [1.82, 2.24) is 0 Å². The van der Waals surface area contributed by atoms with Crippen LogP contribution in [0.2, 0.25) is 0 Å². The zero-order valence-electron chi connectivity index (χ0n) is 8.81. The third-order valence-electron chi connectivity index (χ3n) is 1.99. The van der Waals surface area contributed by atoms with E-state index in [9.17, 15) is 4.39 Å². The summed E-state index contributed by atoms with van der Waals surface area (Å²) in [6.07, 6.45) is 6.28. The lowest BCUT2D eigenvalue weighted by Crippen LogP contribution is -1.94. The number of rotatable bonds is 5. The summed E-state index contributed by atoms with van der Waals surface area (Å²) in [4.78, 5) is 0. The number of hydrogen-bond donors (Lipinski definition) is 0. The zero-order valence-corrected chi connectivity index (χ0v) is 8.81. The molecular formula is C12H19F. The van der Waals surface area contributed by atoms with Gasteiger partial charge in [-0.1, -0.05) is 30.7 Å². The predicted octanol–water partition coefficient (Wildman–Crippen LogP) is 4.06. The molecule has 0 aliphatic heterocycles. The van der Waals surface area contributed by atoms with Gasteiger partial charge >= 0.3 is 0 Å². The van der Waals surface area contributed by atoms with Gasteiger partial charge in [0.2, 0.25) is 0 Å². The van der Waals surface area contributed by atoms with Crippen LogP contribution in [0.1, 0.15) is 27.2 Å². The molecule has 0 aliphatic rings. The Balaban J connectivity index is 4.46.